The number of nitrogens with one attached hydrogen (secondary N) is 1. The average Bonchev–Trinajstić information content (AvgIpc) is 2.26. The fourth-order valence-corrected chi connectivity index (χ4v) is 1.66. The van der Waals surface area contributed by atoms with Gasteiger partial charge < -0.3 is 10.2 Å². The summed E-state index contributed by atoms with van der Waals surface area (Å²) in [6.07, 6.45) is 3.87. The molecule has 0 aliphatic carbocycles. The third kappa shape index (κ3) is 7.80. The Morgan fingerprint density at radius 1 is 1.13 bits per heavy atom. The van der Waals surface area contributed by atoms with Crippen molar-refractivity contribution in [3.8, 4) is 0 Å². The predicted molar refractivity (Wildman–Crippen MR) is 69.3 cm³/mol. The van der Waals surface area contributed by atoms with Crippen LogP contribution in [0.4, 0.5) is 0 Å². The first-order valence-electron chi connectivity index (χ1n) is 6.55. The van der Waals surface area contributed by atoms with Crippen molar-refractivity contribution in [1.29, 1.82) is 0 Å². The third-order valence-electron chi connectivity index (χ3n) is 3.34. The van der Waals surface area contributed by atoms with Crippen LogP contribution in [0.15, 0.2) is 0 Å². The first-order chi connectivity index (χ1) is 7.13. The number of nitrogens with zero attached hydrogens (tertiary/aromatic N) is 1. The molecular weight excluding hydrogens is 184 g/mol. The van der Waals surface area contributed by atoms with E-state index >= 15 is 0 Å². The molecule has 0 saturated heterocycles. The molecule has 2 nitrogen and oxygen atoms in total. The maximum Gasteiger partial charge on any atom is 0.0104 e. The van der Waals surface area contributed by atoms with Crippen molar-refractivity contribution in [3.05, 3.63) is 0 Å². The molecule has 0 saturated carbocycles. The lowest BCUT2D eigenvalue weighted by molar-refractivity contribution is 0.321. The Balaban J connectivity index is 3.61. The number of hydrogen-bond donors (Lipinski definition) is 1. The number of rotatable bonds is 9. The highest BCUT2D eigenvalue weighted by Crippen LogP contribution is 2.11. The molecular formula is C13H30N2. The van der Waals surface area contributed by atoms with Gasteiger partial charge in [0.05, 0.1) is 0 Å². The fraction of sp³-hybridized carbons (Fsp3) is 1.00. The highest BCUT2D eigenvalue weighted by molar-refractivity contribution is 4.68. The summed E-state index contributed by atoms with van der Waals surface area (Å²) in [6.45, 7) is 12.5. The molecule has 0 spiro atoms. The molecule has 15 heavy (non-hydrogen) atoms. The molecule has 1 N–H and O–H groups in total. The van der Waals surface area contributed by atoms with Gasteiger partial charge in [0.2, 0.25) is 0 Å². The molecule has 0 bridgehead atoms. The molecule has 2 atom stereocenters. The van der Waals surface area contributed by atoms with Gasteiger partial charge in [0.25, 0.3) is 0 Å². The van der Waals surface area contributed by atoms with Gasteiger partial charge in [-0.05, 0) is 32.4 Å². The van der Waals surface area contributed by atoms with E-state index in [0.29, 0.717) is 6.04 Å². The monoisotopic (exact) mass is 214 g/mol. The Morgan fingerprint density at radius 2 is 1.80 bits per heavy atom. The maximum atomic E-state index is 3.66. The summed E-state index contributed by atoms with van der Waals surface area (Å²) in [4.78, 5) is 2.35. The van der Waals surface area contributed by atoms with Crippen molar-refractivity contribution < 1.29 is 0 Å². The van der Waals surface area contributed by atoms with Gasteiger partial charge in [0.15, 0.2) is 0 Å². The largest absolute Gasteiger partial charge is 0.313 e. The average molecular weight is 214 g/mol. The molecule has 92 valence electrons. The van der Waals surface area contributed by atoms with Gasteiger partial charge in [0, 0.05) is 19.1 Å². The number of likely N-dealkylation sites (N-methyl/N-ethyl adjacent to an activating group) is 1. The van der Waals surface area contributed by atoms with Crippen LogP contribution in [0.2, 0.25) is 0 Å². The smallest absolute Gasteiger partial charge is 0.0104 e. The van der Waals surface area contributed by atoms with E-state index in [1.807, 2.05) is 0 Å². The molecule has 0 fully saturated rings. The molecule has 0 radical (unpaired) electrons. The Hall–Kier alpha value is -0.0800. The van der Waals surface area contributed by atoms with Crippen LogP contribution in [0.3, 0.4) is 0 Å². The number of hydrogen-bond acceptors (Lipinski definition) is 2. The van der Waals surface area contributed by atoms with Gasteiger partial charge in [-0.3, -0.25) is 0 Å². The molecule has 0 heterocycles. The Morgan fingerprint density at radius 3 is 2.27 bits per heavy atom. The molecule has 0 aliphatic rings. The van der Waals surface area contributed by atoms with Crippen LogP contribution in [-0.4, -0.2) is 37.6 Å². The van der Waals surface area contributed by atoms with Crippen molar-refractivity contribution in [2.24, 2.45) is 5.92 Å². The molecule has 0 aromatic carbocycles. The van der Waals surface area contributed by atoms with Gasteiger partial charge in [-0.1, -0.05) is 34.1 Å². The van der Waals surface area contributed by atoms with E-state index in [1.165, 1.54) is 19.3 Å². The van der Waals surface area contributed by atoms with Crippen molar-refractivity contribution >= 4 is 0 Å². The van der Waals surface area contributed by atoms with Crippen molar-refractivity contribution in [1.82, 2.24) is 10.2 Å². The fourth-order valence-electron chi connectivity index (χ4n) is 1.66. The first kappa shape index (κ1) is 14.9. The second kappa shape index (κ2) is 9.17. The minimum atomic E-state index is 0.713. The van der Waals surface area contributed by atoms with Crippen LogP contribution >= 0.6 is 0 Å². The van der Waals surface area contributed by atoms with Crippen LogP contribution in [0.25, 0.3) is 0 Å². The second-order valence-corrected chi connectivity index (χ2v) is 4.70. The van der Waals surface area contributed by atoms with E-state index in [1.54, 1.807) is 0 Å². The Kier molecular flexibility index (Phi) is 9.12. The molecule has 2 heteroatoms. The summed E-state index contributed by atoms with van der Waals surface area (Å²) in [5.74, 6) is 0.853. The molecule has 0 amide bonds. The quantitative estimate of drug-likeness (QED) is 0.635. The predicted octanol–water partition coefficient (Wildman–Crippen LogP) is 2.74. The normalized spacial score (nSPS) is 15.6. The van der Waals surface area contributed by atoms with Gasteiger partial charge in [-0.15, -0.1) is 0 Å². The van der Waals surface area contributed by atoms with Crippen LogP contribution in [-0.2, 0) is 0 Å². The highest BCUT2D eigenvalue weighted by Gasteiger charge is 2.09. The minimum absolute atomic E-state index is 0.713. The summed E-state index contributed by atoms with van der Waals surface area (Å²) in [7, 11) is 2.18. The van der Waals surface area contributed by atoms with E-state index in [2.05, 4.69) is 45.0 Å². The van der Waals surface area contributed by atoms with Crippen LogP contribution in [0.5, 0.6) is 0 Å². The Labute approximate surface area is 96.4 Å². The summed E-state index contributed by atoms with van der Waals surface area (Å²) in [6, 6.07) is 0.713. The molecule has 0 rings (SSSR count). The lowest BCUT2D eigenvalue weighted by atomic mass is 9.98. The van der Waals surface area contributed by atoms with Crippen molar-refractivity contribution in [2.45, 2.75) is 53.0 Å². The third-order valence-corrected chi connectivity index (χ3v) is 3.34. The van der Waals surface area contributed by atoms with E-state index < -0.39 is 0 Å². The van der Waals surface area contributed by atoms with E-state index in [9.17, 15) is 0 Å². The summed E-state index contributed by atoms with van der Waals surface area (Å²) in [5.41, 5.74) is 0. The molecule has 0 aromatic heterocycles. The van der Waals surface area contributed by atoms with Crippen LogP contribution in [0.1, 0.15) is 47.0 Å². The standard InChI is InChI=1S/C13H30N2/c1-6-12(4)11-13(7-2)14-9-10-15(5)8-3/h12-14H,6-11H2,1-5H3. The van der Waals surface area contributed by atoms with Crippen molar-refractivity contribution in [2.75, 3.05) is 26.7 Å². The first-order valence-corrected chi connectivity index (χ1v) is 6.55. The van der Waals surface area contributed by atoms with Crippen molar-refractivity contribution in [3.63, 3.8) is 0 Å². The lowest BCUT2D eigenvalue weighted by Gasteiger charge is -2.22. The zero-order chi connectivity index (χ0) is 11.7. The highest BCUT2D eigenvalue weighted by atomic mass is 15.1. The van der Waals surface area contributed by atoms with Crippen LogP contribution < -0.4 is 5.32 Å². The Bertz CT molecular complexity index is 136. The summed E-state index contributed by atoms with van der Waals surface area (Å²) >= 11 is 0. The maximum absolute atomic E-state index is 3.66. The second-order valence-electron chi connectivity index (χ2n) is 4.70. The molecule has 0 aromatic rings. The topological polar surface area (TPSA) is 15.3 Å². The zero-order valence-corrected chi connectivity index (χ0v) is 11.3. The minimum Gasteiger partial charge on any atom is -0.313 e. The van der Waals surface area contributed by atoms with Gasteiger partial charge >= 0.3 is 0 Å². The summed E-state index contributed by atoms with van der Waals surface area (Å²) < 4.78 is 0. The van der Waals surface area contributed by atoms with Gasteiger partial charge in [-0.25, -0.2) is 0 Å². The zero-order valence-electron chi connectivity index (χ0n) is 11.3. The van der Waals surface area contributed by atoms with Gasteiger partial charge in [0.1, 0.15) is 0 Å². The van der Waals surface area contributed by atoms with E-state index in [0.717, 1.165) is 25.6 Å². The van der Waals surface area contributed by atoms with Gasteiger partial charge in [-0.2, -0.15) is 0 Å². The van der Waals surface area contributed by atoms with E-state index in [-0.39, 0.29) is 0 Å². The summed E-state index contributed by atoms with van der Waals surface area (Å²) in [5, 5.41) is 3.66. The lowest BCUT2D eigenvalue weighted by Crippen LogP contribution is -2.36. The van der Waals surface area contributed by atoms with Crippen LogP contribution in [0, 0.1) is 5.92 Å². The molecule has 0 aliphatic heterocycles. The SMILES string of the molecule is CCC(C)CC(CC)NCCN(C)CC. The molecule has 2 unspecified atom stereocenters. The van der Waals surface area contributed by atoms with E-state index in [4.69, 9.17) is 0 Å².